The quantitative estimate of drug-likeness (QED) is 0.722. The standard InChI is InChI=1S/C13H11N3/c1-2-6-13-11(4-1)8-15-10-16(13)12-5-3-7-14-9-12/h1-9H,10H2. The first kappa shape index (κ1) is 9.09. The number of hydrogen-bond donors (Lipinski definition) is 0. The van der Waals surface area contributed by atoms with Crippen LogP contribution in [0.4, 0.5) is 11.4 Å². The summed E-state index contributed by atoms with van der Waals surface area (Å²) in [6.45, 7) is 0.655. The van der Waals surface area contributed by atoms with Gasteiger partial charge in [-0.15, -0.1) is 0 Å². The van der Waals surface area contributed by atoms with Gasteiger partial charge in [-0.05, 0) is 18.2 Å². The lowest BCUT2D eigenvalue weighted by Crippen LogP contribution is -2.21. The summed E-state index contributed by atoms with van der Waals surface area (Å²) in [5.41, 5.74) is 3.41. The zero-order valence-electron chi connectivity index (χ0n) is 8.74. The van der Waals surface area contributed by atoms with E-state index in [2.05, 4.69) is 27.0 Å². The molecule has 0 aliphatic carbocycles. The fourth-order valence-corrected chi connectivity index (χ4v) is 1.87. The van der Waals surface area contributed by atoms with Crippen molar-refractivity contribution in [3.05, 3.63) is 54.4 Å². The number of fused-ring (bicyclic) bond motifs is 1. The lowest BCUT2D eigenvalue weighted by molar-refractivity contribution is 0.966. The fraction of sp³-hybridized carbons (Fsp3) is 0.0769. The summed E-state index contributed by atoms with van der Waals surface area (Å²) in [5.74, 6) is 0. The van der Waals surface area contributed by atoms with Crippen LogP contribution in [0.3, 0.4) is 0 Å². The highest BCUT2D eigenvalue weighted by atomic mass is 15.2. The van der Waals surface area contributed by atoms with Gasteiger partial charge in [0.15, 0.2) is 0 Å². The minimum atomic E-state index is 0.655. The molecule has 1 aromatic carbocycles. The van der Waals surface area contributed by atoms with Gasteiger partial charge in [0.2, 0.25) is 0 Å². The van der Waals surface area contributed by atoms with Gasteiger partial charge in [-0.2, -0.15) is 0 Å². The van der Waals surface area contributed by atoms with Crippen LogP contribution in [0.5, 0.6) is 0 Å². The topological polar surface area (TPSA) is 28.5 Å². The van der Waals surface area contributed by atoms with E-state index in [1.165, 1.54) is 5.69 Å². The van der Waals surface area contributed by atoms with Crippen molar-refractivity contribution in [1.29, 1.82) is 0 Å². The van der Waals surface area contributed by atoms with Crippen LogP contribution < -0.4 is 4.90 Å². The second kappa shape index (κ2) is 3.77. The van der Waals surface area contributed by atoms with E-state index in [4.69, 9.17) is 0 Å². The molecule has 0 bridgehead atoms. The van der Waals surface area contributed by atoms with Crippen molar-refractivity contribution in [2.24, 2.45) is 4.99 Å². The molecule has 2 aromatic rings. The number of aromatic nitrogens is 1. The number of hydrogen-bond acceptors (Lipinski definition) is 3. The SMILES string of the molecule is C1=NCN(c2cccnc2)c2ccccc21. The van der Waals surface area contributed by atoms with Gasteiger partial charge in [-0.25, -0.2) is 0 Å². The van der Waals surface area contributed by atoms with Crippen LogP contribution >= 0.6 is 0 Å². The van der Waals surface area contributed by atoms with Crippen LogP contribution in [0.25, 0.3) is 0 Å². The van der Waals surface area contributed by atoms with Crippen LogP contribution in [0, 0.1) is 0 Å². The summed E-state index contributed by atoms with van der Waals surface area (Å²) < 4.78 is 0. The molecule has 3 nitrogen and oxygen atoms in total. The molecule has 3 rings (SSSR count). The molecule has 2 heterocycles. The predicted octanol–water partition coefficient (Wildman–Crippen LogP) is 2.61. The van der Waals surface area contributed by atoms with E-state index >= 15 is 0 Å². The molecule has 3 heteroatoms. The number of pyridine rings is 1. The van der Waals surface area contributed by atoms with Gasteiger partial charge in [-0.3, -0.25) is 9.98 Å². The summed E-state index contributed by atoms with van der Waals surface area (Å²) in [4.78, 5) is 10.6. The highest BCUT2D eigenvalue weighted by Crippen LogP contribution is 2.28. The third-order valence-corrected chi connectivity index (χ3v) is 2.64. The third kappa shape index (κ3) is 1.46. The van der Waals surface area contributed by atoms with Gasteiger partial charge in [0.25, 0.3) is 0 Å². The Labute approximate surface area is 94.1 Å². The van der Waals surface area contributed by atoms with Gasteiger partial charge in [0.1, 0.15) is 6.67 Å². The highest BCUT2D eigenvalue weighted by molar-refractivity contribution is 5.91. The monoisotopic (exact) mass is 209 g/mol. The first-order valence-electron chi connectivity index (χ1n) is 5.21. The summed E-state index contributed by atoms with van der Waals surface area (Å²) in [6.07, 6.45) is 5.56. The molecule has 0 unspecified atom stereocenters. The van der Waals surface area contributed by atoms with E-state index in [1.54, 1.807) is 6.20 Å². The van der Waals surface area contributed by atoms with Crippen LogP contribution in [-0.4, -0.2) is 17.9 Å². The molecular formula is C13H11N3. The lowest BCUT2D eigenvalue weighted by Gasteiger charge is -2.26. The van der Waals surface area contributed by atoms with E-state index in [0.717, 1.165) is 11.3 Å². The maximum absolute atomic E-state index is 4.35. The van der Waals surface area contributed by atoms with Crippen molar-refractivity contribution in [3.8, 4) is 0 Å². The molecule has 1 aromatic heterocycles. The zero-order chi connectivity index (χ0) is 10.8. The van der Waals surface area contributed by atoms with E-state index in [9.17, 15) is 0 Å². The van der Waals surface area contributed by atoms with Gasteiger partial charge < -0.3 is 4.90 Å². The third-order valence-electron chi connectivity index (χ3n) is 2.64. The van der Waals surface area contributed by atoms with Gasteiger partial charge in [-0.1, -0.05) is 18.2 Å². The summed E-state index contributed by atoms with van der Waals surface area (Å²) in [5, 5.41) is 0. The second-order valence-corrected chi connectivity index (χ2v) is 3.65. The number of aliphatic imine (C=N–C) groups is 1. The normalized spacial score (nSPS) is 13.6. The number of anilines is 2. The minimum Gasteiger partial charge on any atom is -0.319 e. The largest absolute Gasteiger partial charge is 0.319 e. The Hall–Kier alpha value is -2.16. The average molecular weight is 209 g/mol. The first-order valence-corrected chi connectivity index (χ1v) is 5.21. The van der Waals surface area contributed by atoms with E-state index < -0.39 is 0 Å². The minimum absolute atomic E-state index is 0.655. The average Bonchev–Trinajstić information content (AvgIpc) is 2.39. The van der Waals surface area contributed by atoms with Crippen molar-refractivity contribution in [2.45, 2.75) is 0 Å². The van der Waals surface area contributed by atoms with Crippen LogP contribution in [0.1, 0.15) is 5.56 Å². The Morgan fingerprint density at radius 1 is 1.06 bits per heavy atom. The molecule has 78 valence electrons. The van der Waals surface area contributed by atoms with Crippen LogP contribution in [-0.2, 0) is 0 Å². The molecule has 0 N–H and O–H groups in total. The number of rotatable bonds is 1. The Bertz CT molecular complexity index is 520. The molecule has 0 fully saturated rings. The Morgan fingerprint density at radius 2 is 2.00 bits per heavy atom. The first-order chi connectivity index (χ1) is 7.95. The molecule has 1 aliphatic heterocycles. The summed E-state index contributed by atoms with van der Waals surface area (Å²) in [7, 11) is 0. The van der Waals surface area contributed by atoms with E-state index in [-0.39, 0.29) is 0 Å². The summed E-state index contributed by atoms with van der Waals surface area (Å²) >= 11 is 0. The smallest absolute Gasteiger partial charge is 0.114 e. The molecule has 0 spiro atoms. The summed E-state index contributed by atoms with van der Waals surface area (Å²) in [6, 6.07) is 12.2. The van der Waals surface area contributed by atoms with Gasteiger partial charge in [0, 0.05) is 18.0 Å². The molecule has 16 heavy (non-hydrogen) atoms. The van der Waals surface area contributed by atoms with Gasteiger partial charge >= 0.3 is 0 Å². The van der Waals surface area contributed by atoms with Crippen molar-refractivity contribution >= 4 is 17.6 Å². The van der Waals surface area contributed by atoms with E-state index in [0.29, 0.717) is 6.67 Å². The molecule has 0 radical (unpaired) electrons. The molecule has 0 atom stereocenters. The van der Waals surface area contributed by atoms with Gasteiger partial charge in [0.05, 0.1) is 17.6 Å². The molecule has 1 aliphatic rings. The zero-order valence-corrected chi connectivity index (χ0v) is 8.74. The number of para-hydroxylation sites is 1. The lowest BCUT2D eigenvalue weighted by atomic mass is 10.1. The van der Waals surface area contributed by atoms with Crippen LogP contribution in [0.15, 0.2) is 53.8 Å². The Morgan fingerprint density at radius 3 is 2.88 bits per heavy atom. The second-order valence-electron chi connectivity index (χ2n) is 3.65. The Balaban J connectivity index is 2.09. The highest BCUT2D eigenvalue weighted by Gasteiger charge is 2.14. The number of benzene rings is 1. The fourth-order valence-electron chi connectivity index (χ4n) is 1.87. The molecule has 0 amide bonds. The van der Waals surface area contributed by atoms with Crippen molar-refractivity contribution < 1.29 is 0 Å². The van der Waals surface area contributed by atoms with Crippen LogP contribution in [0.2, 0.25) is 0 Å². The van der Waals surface area contributed by atoms with E-state index in [1.807, 2.05) is 36.7 Å². The predicted molar refractivity (Wildman–Crippen MR) is 65.3 cm³/mol. The Kier molecular flexibility index (Phi) is 2.14. The van der Waals surface area contributed by atoms with Crippen molar-refractivity contribution in [2.75, 3.05) is 11.6 Å². The van der Waals surface area contributed by atoms with Crippen molar-refractivity contribution in [3.63, 3.8) is 0 Å². The molecule has 0 saturated carbocycles. The molecule has 0 saturated heterocycles. The van der Waals surface area contributed by atoms with Crippen molar-refractivity contribution in [1.82, 2.24) is 4.98 Å². The maximum Gasteiger partial charge on any atom is 0.114 e. The maximum atomic E-state index is 4.35. The number of nitrogens with zero attached hydrogens (tertiary/aromatic N) is 3. The molecular weight excluding hydrogens is 198 g/mol.